The normalized spacial score (nSPS) is 30.0. The van der Waals surface area contributed by atoms with Crippen LogP contribution >= 0.6 is 0 Å². The molecule has 0 spiro atoms. The minimum Gasteiger partial charge on any atom is -0.481 e. The van der Waals surface area contributed by atoms with E-state index in [0.717, 1.165) is 32.1 Å². The number of rotatable bonds is 11. The monoisotopic (exact) mass is 348 g/mol. The van der Waals surface area contributed by atoms with Gasteiger partial charge in [0.1, 0.15) is 6.10 Å². The van der Waals surface area contributed by atoms with E-state index in [9.17, 15) is 20.1 Å². The summed E-state index contributed by atoms with van der Waals surface area (Å²) in [5.41, 5.74) is 0. The van der Waals surface area contributed by atoms with Crippen LogP contribution in [-0.4, -0.2) is 63.2 Å². The second kappa shape index (κ2) is 11.0. The third-order valence-corrected chi connectivity index (χ3v) is 4.36. The number of aliphatic hydroxyl groups excluding tert-OH is 3. The molecule has 1 rings (SSSR count). The summed E-state index contributed by atoms with van der Waals surface area (Å²) in [6.07, 6.45) is 1.79. The zero-order chi connectivity index (χ0) is 18.1. The van der Waals surface area contributed by atoms with Crippen LogP contribution in [0.5, 0.6) is 0 Å². The van der Waals surface area contributed by atoms with Gasteiger partial charge in [0.15, 0.2) is 6.29 Å². The molecule has 0 amide bonds. The third kappa shape index (κ3) is 8.39. The van der Waals surface area contributed by atoms with Crippen LogP contribution < -0.4 is 0 Å². The van der Waals surface area contributed by atoms with Crippen molar-refractivity contribution >= 4 is 5.97 Å². The zero-order valence-electron chi connectivity index (χ0n) is 14.6. The topological polar surface area (TPSA) is 116 Å². The molecule has 2 unspecified atom stereocenters. The van der Waals surface area contributed by atoms with Gasteiger partial charge in [-0.1, -0.05) is 25.7 Å². The van der Waals surface area contributed by atoms with E-state index >= 15 is 0 Å². The van der Waals surface area contributed by atoms with Crippen molar-refractivity contribution in [2.75, 3.05) is 0 Å². The van der Waals surface area contributed by atoms with Crippen molar-refractivity contribution < 1.29 is 34.7 Å². The third-order valence-electron chi connectivity index (χ3n) is 4.36. The summed E-state index contributed by atoms with van der Waals surface area (Å²) in [5, 5.41) is 37.5. The molecule has 4 N–H and O–H groups in total. The lowest BCUT2D eigenvalue weighted by Crippen LogP contribution is -2.48. The lowest BCUT2D eigenvalue weighted by molar-refractivity contribution is -0.273. The highest BCUT2D eigenvalue weighted by Crippen LogP contribution is 2.23. The van der Waals surface area contributed by atoms with Crippen LogP contribution in [0.3, 0.4) is 0 Å². The number of carbonyl (C=O) groups is 1. The summed E-state index contributed by atoms with van der Waals surface area (Å²) in [7, 11) is 0. The van der Waals surface area contributed by atoms with Crippen LogP contribution in [0.2, 0.25) is 0 Å². The van der Waals surface area contributed by atoms with Gasteiger partial charge in [0.05, 0.1) is 30.8 Å². The minimum absolute atomic E-state index is 0.0512. The standard InChI is InChI=1S/C17H32O7/c1-11(23-17-15(20)10-14(19)12(2)24-17)7-5-3-4-6-8-13(18)9-16(21)22/h11-15,17-20H,3-10H2,1-2H3,(H,21,22)/t11-,12?,13?,14-,15+,17-/m1/s1. The van der Waals surface area contributed by atoms with E-state index in [1.807, 2.05) is 6.92 Å². The molecule has 1 saturated heterocycles. The maximum Gasteiger partial charge on any atom is 0.305 e. The SMILES string of the molecule is CC1O[C@@H](O[C@H](C)CCCCCCC(O)CC(=O)O)[C@@H](O)C[C@H]1O. The molecule has 0 aromatic rings. The number of aliphatic carboxylic acids is 1. The highest BCUT2D eigenvalue weighted by atomic mass is 16.7. The number of ether oxygens (including phenoxy) is 2. The van der Waals surface area contributed by atoms with Gasteiger partial charge in [-0.2, -0.15) is 0 Å². The van der Waals surface area contributed by atoms with Gasteiger partial charge in [-0.05, 0) is 26.7 Å². The second-order valence-corrected chi connectivity index (χ2v) is 6.77. The van der Waals surface area contributed by atoms with Gasteiger partial charge in [0, 0.05) is 6.42 Å². The van der Waals surface area contributed by atoms with E-state index in [1.54, 1.807) is 6.92 Å². The van der Waals surface area contributed by atoms with E-state index in [-0.39, 0.29) is 25.0 Å². The molecule has 6 atom stereocenters. The first-order valence-electron chi connectivity index (χ1n) is 8.86. The molecule has 142 valence electrons. The summed E-state index contributed by atoms with van der Waals surface area (Å²) in [6.45, 7) is 3.69. The quantitative estimate of drug-likeness (QED) is 0.417. The Hall–Kier alpha value is -0.730. The van der Waals surface area contributed by atoms with Gasteiger partial charge in [-0.15, -0.1) is 0 Å². The summed E-state index contributed by atoms with van der Waals surface area (Å²) >= 11 is 0. The number of unbranched alkanes of at least 4 members (excludes halogenated alkanes) is 3. The van der Waals surface area contributed by atoms with Crippen molar-refractivity contribution in [1.82, 2.24) is 0 Å². The van der Waals surface area contributed by atoms with Crippen molar-refractivity contribution in [2.45, 2.75) is 102 Å². The van der Waals surface area contributed by atoms with Gasteiger partial charge in [0.25, 0.3) is 0 Å². The molecule has 0 radical (unpaired) electrons. The van der Waals surface area contributed by atoms with Crippen molar-refractivity contribution in [3.63, 3.8) is 0 Å². The Bertz CT molecular complexity index is 363. The number of aliphatic hydroxyl groups is 3. The molecule has 1 heterocycles. The molecule has 1 aliphatic rings. The molecule has 1 fully saturated rings. The van der Waals surface area contributed by atoms with Crippen LogP contribution in [0.1, 0.15) is 65.2 Å². The first-order valence-corrected chi connectivity index (χ1v) is 8.86. The van der Waals surface area contributed by atoms with E-state index in [1.165, 1.54) is 0 Å². The summed E-state index contributed by atoms with van der Waals surface area (Å²) in [5.74, 6) is -0.970. The fourth-order valence-electron chi connectivity index (χ4n) is 2.83. The fraction of sp³-hybridized carbons (Fsp3) is 0.941. The number of carboxylic acid groups (broad SMARTS) is 1. The summed E-state index contributed by atoms with van der Waals surface area (Å²) in [6, 6.07) is 0. The molecule has 0 aliphatic carbocycles. The summed E-state index contributed by atoms with van der Waals surface area (Å²) in [4.78, 5) is 10.4. The molecule has 0 bridgehead atoms. The van der Waals surface area contributed by atoms with E-state index in [4.69, 9.17) is 14.6 Å². The highest BCUT2D eigenvalue weighted by Gasteiger charge is 2.35. The molecule has 7 heteroatoms. The average Bonchev–Trinajstić information content (AvgIpc) is 2.47. The second-order valence-electron chi connectivity index (χ2n) is 6.77. The maximum absolute atomic E-state index is 10.4. The van der Waals surface area contributed by atoms with E-state index in [0.29, 0.717) is 6.42 Å². The molecular weight excluding hydrogens is 316 g/mol. The van der Waals surface area contributed by atoms with E-state index < -0.39 is 30.6 Å². The Labute approximate surface area is 143 Å². The fourth-order valence-corrected chi connectivity index (χ4v) is 2.83. The molecule has 24 heavy (non-hydrogen) atoms. The maximum atomic E-state index is 10.4. The van der Waals surface area contributed by atoms with Crippen molar-refractivity contribution in [3.05, 3.63) is 0 Å². The van der Waals surface area contributed by atoms with Crippen LogP contribution in [0, 0.1) is 0 Å². The molecule has 7 nitrogen and oxygen atoms in total. The van der Waals surface area contributed by atoms with Crippen LogP contribution in [0.4, 0.5) is 0 Å². The first kappa shape index (κ1) is 21.3. The number of hydrogen-bond acceptors (Lipinski definition) is 6. The molecule has 0 saturated carbocycles. The Morgan fingerprint density at radius 2 is 1.79 bits per heavy atom. The lowest BCUT2D eigenvalue weighted by atomic mass is 10.0. The first-order chi connectivity index (χ1) is 11.3. The Balaban J connectivity index is 2.07. The zero-order valence-corrected chi connectivity index (χ0v) is 14.6. The van der Waals surface area contributed by atoms with Gasteiger partial charge >= 0.3 is 5.97 Å². The lowest BCUT2D eigenvalue weighted by Gasteiger charge is -2.36. The predicted octanol–water partition coefficient (Wildman–Crippen LogP) is 1.42. The Morgan fingerprint density at radius 3 is 2.42 bits per heavy atom. The molecular formula is C17H32O7. The van der Waals surface area contributed by atoms with Crippen molar-refractivity contribution in [3.8, 4) is 0 Å². The van der Waals surface area contributed by atoms with Crippen LogP contribution in [0.25, 0.3) is 0 Å². The number of hydrogen-bond donors (Lipinski definition) is 4. The van der Waals surface area contributed by atoms with Gasteiger partial charge in [-0.3, -0.25) is 4.79 Å². The number of carboxylic acids is 1. The highest BCUT2D eigenvalue weighted by molar-refractivity contribution is 5.67. The van der Waals surface area contributed by atoms with Crippen LogP contribution in [0.15, 0.2) is 0 Å². The largest absolute Gasteiger partial charge is 0.481 e. The van der Waals surface area contributed by atoms with Crippen LogP contribution in [-0.2, 0) is 14.3 Å². The minimum atomic E-state index is -0.970. The Kier molecular flexibility index (Phi) is 9.76. The molecule has 0 aromatic carbocycles. The smallest absolute Gasteiger partial charge is 0.305 e. The molecule has 1 aliphatic heterocycles. The van der Waals surface area contributed by atoms with Gasteiger partial charge < -0.3 is 29.9 Å². The van der Waals surface area contributed by atoms with Gasteiger partial charge in [-0.25, -0.2) is 0 Å². The van der Waals surface area contributed by atoms with Gasteiger partial charge in [0.2, 0.25) is 0 Å². The predicted molar refractivity (Wildman–Crippen MR) is 87.5 cm³/mol. The Morgan fingerprint density at radius 1 is 1.17 bits per heavy atom. The van der Waals surface area contributed by atoms with E-state index in [2.05, 4.69) is 0 Å². The van der Waals surface area contributed by atoms with Crippen molar-refractivity contribution in [2.24, 2.45) is 0 Å². The average molecular weight is 348 g/mol. The molecule has 0 aromatic heterocycles. The van der Waals surface area contributed by atoms with Crippen molar-refractivity contribution in [1.29, 1.82) is 0 Å². The summed E-state index contributed by atoms with van der Waals surface area (Å²) < 4.78 is 11.2.